The van der Waals surface area contributed by atoms with Gasteiger partial charge in [-0.25, -0.2) is 4.79 Å². The van der Waals surface area contributed by atoms with Crippen molar-refractivity contribution in [2.75, 3.05) is 7.05 Å². The van der Waals surface area contributed by atoms with Gasteiger partial charge in [0.15, 0.2) is 0 Å². The summed E-state index contributed by atoms with van der Waals surface area (Å²) in [7, 11) is 1.53. The molecule has 0 unspecified atom stereocenters. The highest BCUT2D eigenvalue weighted by Gasteiger charge is 2.31. The van der Waals surface area contributed by atoms with E-state index in [0.717, 1.165) is 11.1 Å². The monoisotopic (exact) mass is 400 g/mol. The lowest BCUT2D eigenvalue weighted by atomic mass is 10.0. The van der Waals surface area contributed by atoms with Crippen LogP contribution in [0.4, 0.5) is 4.79 Å². The molecule has 7 heteroatoms. The molecule has 7 nitrogen and oxygen atoms in total. The molecule has 29 heavy (non-hydrogen) atoms. The van der Waals surface area contributed by atoms with Crippen molar-refractivity contribution in [3.63, 3.8) is 0 Å². The Morgan fingerprint density at radius 2 is 1.66 bits per heavy atom. The van der Waals surface area contributed by atoms with Crippen LogP contribution in [0.5, 0.6) is 5.75 Å². The summed E-state index contributed by atoms with van der Waals surface area (Å²) < 4.78 is 5.27. The van der Waals surface area contributed by atoms with E-state index >= 15 is 0 Å². The van der Waals surface area contributed by atoms with Crippen molar-refractivity contribution in [3.8, 4) is 5.75 Å². The first-order valence-electron chi connectivity index (χ1n) is 9.39. The lowest BCUT2D eigenvalue weighted by Crippen LogP contribution is -2.48. The third-order valence-electron chi connectivity index (χ3n) is 4.02. The number of likely N-dealkylation sites (N-methyl/N-ethyl adjacent to an activating group) is 1. The standard InChI is InChI=1S/C22H28N2O5/c1-22(2,3)28-21(27)29-24(15-17-8-6-5-7-9-17)19(20(26)23-4)14-16-10-12-18(25)13-11-16/h5-13,19,25H,14-15H2,1-4H3,(H,23,26)/t19-/m0/s1. The predicted octanol–water partition coefficient (Wildman–Crippen LogP) is 3.42. The van der Waals surface area contributed by atoms with E-state index in [0.29, 0.717) is 0 Å². The molecule has 2 rings (SSSR count). The molecule has 0 aliphatic carbocycles. The van der Waals surface area contributed by atoms with Crippen LogP contribution >= 0.6 is 0 Å². The van der Waals surface area contributed by atoms with Gasteiger partial charge in [0.05, 0.1) is 6.54 Å². The molecular formula is C22H28N2O5. The molecule has 2 N–H and O–H groups in total. The quantitative estimate of drug-likeness (QED) is 0.547. The lowest BCUT2D eigenvalue weighted by Gasteiger charge is -2.30. The number of hydrogen-bond donors (Lipinski definition) is 2. The van der Waals surface area contributed by atoms with E-state index in [1.165, 1.54) is 12.1 Å². The van der Waals surface area contributed by atoms with Crippen molar-refractivity contribution in [1.29, 1.82) is 0 Å². The molecule has 0 fully saturated rings. The predicted molar refractivity (Wildman–Crippen MR) is 109 cm³/mol. The number of hydroxylamine groups is 2. The summed E-state index contributed by atoms with van der Waals surface area (Å²) in [5.74, 6) is -0.172. The number of nitrogens with zero attached hydrogens (tertiary/aromatic N) is 1. The van der Waals surface area contributed by atoms with Gasteiger partial charge in [-0.1, -0.05) is 42.5 Å². The third kappa shape index (κ3) is 7.46. The fourth-order valence-corrected chi connectivity index (χ4v) is 2.68. The number of carbonyl (C=O) groups is 2. The van der Waals surface area contributed by atoms with Gasteiger partial charge < -0.3 is 20.0 Å². The molecular weight excluding hydrogens is 372 g/mol. The smallest absolute Gasteiger partial charge is 0.508 e. The van der Waals surface area contributed by atoms with Crippen LogP contribution in [0, 0.1) is 0 Å². The van der Waals surface area contributed by atoms with Crippen LogP contribution < -0.4 is 5.32 Å². The summed E-state index contributed by atoms with van der Waals surface area (Å²) in [5, 5.41) is 13.5. The van der Waals surface area contributed by atoms with E-state index in [1.54, 1.807) is 45.0 Å². The topological polar surface area (TPSA) is 88.1 Å². The number of ether oxygens (including phenoxy) is 1. The van der Waals surface area contributed by atoms with Crippen molar-refractivity contribution in [2.24, 2.45) is 0 Å². The average Bonchev–Trinajstić information content (AvgIpc) is 2.66. The maximum atomic E-state index is 12.6. The molecule has 1 amide bonds. The highest BCUT2D eigenvalue weighted by molar-refractivity contribution is 5.81. The van der Waals surface area contributed by atoms with Gasteiger partial charge in [-0.3, -0.25) is 4.79 Å². The van der Waals surface area contributed by atoms with Crippen LogP contribution in [-0.4, -0.2) is 40.9 Å². The molecule has 2 aromatic carbocycles. The first kappa shape index (κ1) is 22.2. The van der Waals surface area contributed by atoms with Gasteiger partial charge in [0, 0.05) is 13.5 Å². The van der Waals surface area contributed by atoms with E-state index in [4.69, 9.17) is 9.57 Å². The molecule has 0 saturated heterocycles. The van der Waals surface area contributed by atoms with Crippen LogP contribution in [0.1, 0.15) is 31.9 Å². The maximum Gasteiger partial charge on any atom is 0.528 e. The zero-order valence-electron chi connectivity index (χ0n) is 17.2. The zero-order valence-corrected chi connectivity index (χ0v) is 17.2. The molecule has 0 aromatic heterocycles. The summed E-state index contributed by atoms with van der Waals surface area (Å²) in [6.45, 7) is 5.42. The number of nitrogens with one attached hydrogen (secondary N) is 1. The van der Waals surface area contributed by atoms with Crippen LogP contribution in [0.3, 0.4) is 0 Å². The molecule has 0 aliphatic rings. The maximum absolute atomic E-state index is 12.6. The first-order valence-corrected chi connectivity index (χ1v) is 9.39. The van der Waals surface area contributed by atoms with E-state index in [1.807, 2.05) is 30.3 Å². The van der Waals surface area contributed by atoms with Crippen molar-refractivity contribution in [1.82, 2.24) is 10.4 Å². The number of amides is 1. The highest BCUT2D eigenvalue weighted by atomic mass is 16.8. The van der Waals surface area contributed by atoms with Gasteiger partial charge in [-0.15, -0.1) is 5.06 Å². The van der Waals surface area contributed by atoms with Crippen LogP contribution in [-0.2, 0) is 27.3 Å². The molecule has 0 radical (unpaired) electrons. The van der Waals surface area contributed by atoms with E-state index in [-0.39, 0.29) is 24.6 Å². The largest absolute Gasteiger partial charge is 0.528 e. The molecule has 1 atom stereocenters. The SMILES string of the molecule is CNC(=O)[C@H](Cc1ccc(O)cc1)N(Cc1ccccc1)OC(=O)OC(C)(C)C. The Balaban J connectivity index is 2.29. The van der Waals surface area contributed by atoms with Crippen molar-refractivity contribution >= 4 is 12.1 Å². The number of aromatic hydroxyl groups is 1. The van der Waals surface area contributed by atoms with E-state index < -0.39 is 17.8 Å². The zero-order chi connectivity index (χ0) is 21.4. The van der Waals surface area contributed by atoms with Gasteiger partial charge in [-0.2, -0.15) is 0 Å². The molecule has 0 bridgehead atoms. The molecule has 2 aromatic rings. The fraction of sp³-hybridized carbons (Fsp3) is 0.364. The van der Waals surface area contributed by atoms with Crippen molar-refractivity contribution in [2.45, 2.75) is 45.4 Å². The number of carbonyl (C=O) groups excluding carboxylic acids is 2. The van der Waals surface area contributed by atoms with Crippen molar-refractivity contribution < 1.29 is 24.3 Å². The lowest BCUT2D eigenvalue weighted by molar-refractivity contribution is -0.178. The number of benzene rings is 2. The highest BCUT2D eigenvalue weighted by Crippen LogP contribution is 2.18. The van der Waals surface area contributed by atoms with E-state index in [9.17, 15) is 14.7 Å². The molecule has 0 heterocycles. The fourth-order valence-electron chi connectivity index (χ4n) is 2.68. The Kier molecular flexibility index (Phi) is 7.61. The Hall–Kier alpha value is -3.06. The molecule has 0 saturated carbocycles. The summed E-state index contributed by atoms with van der Waals surface area (Å²) in [5.41, 5.74) is 0.951. The van der Waals surface area contributed by atoms with Gasteiger partial charge in [0.1, 0.15) is 17.4 Å². The van der Waals surface area contributed by atoms with Crippen LogP contribution in [0.15, 0.2) is 54.6 Å². The average molecular weight is 400 g/mol. The minimum Gasteiger partial charge on any atom is -0.508 e. The van der Waals surface area contributed by atoms with Gasteiger partial charge in [0.25, 0.3) is 0 Å². The third-order valence-corrected chi connectivity index (χ3v) is 4.02. The Morgan fingerprint density at radius 1 is 1.03 bits per heavy atom. The van der Waals surface area contributed by atoms with Gasteiger partial charge in [-0.05, 0) is 44.0 Å². The first-order chi connectivity index (χ1) is 13.7. The van der Waals surface area contributed by atoms with Crippen LogP contribution in [0.25, 0.3) is 0 Å². The molecule has 0 spiro atoms. The summed E-state index contributed by atoms with van der Waals surface area (Å²) in [6.07, 6.45) is -0.608. The number of rotatable bonds is 7. The Bertz CT molecular complexity index is 800. The van der Waals surface area contributed by atoms with Crippen molar-refractivity contribution in [3.05, 3.63) is 65.7 Å². The minimum absolute atomic E-state index is 0.136. The van der Waals surface area contributed by atoms with E-state index in [2.05, 4.69) is 5.32 Å². The second-order valence-electron chi connectivity index (χ2n) is 7.62. The number of phenolic OH excluding ortho intramolecular Hbond substituents is 1. The Labute approximate surface area is 171 Å². The number of phenols is 1. The molecule has 156 valence electrons. The van der Waals surface area contributed by atoms with Gasteiger partial charge in [0.2, 0.25) is 5.91 Å². The van der Waals surface area contributed by atoms with Gasteiger partial charge >= 0.3 is 6.16 Å². The normalized spacial score (nSPS) is 12.3. The van der Waals surface area contributed by atoms with Crippen LogP contribution in [0.2, 0.25) is 0 Å². The Morgan fingerprint density at radius 3 is 2.21 bits per heavy atom. The molecule has 0 aliphatic heterocycles. The summed E-state index contributed by atoms with van der Waals surface area (Å²) in [6, 6.07) is 15.1. The second-order valence-corrected chi connectivity index (χ2v) is 7.62. The summed E-state index contributed by atoms with van der Waals surface area (Å²) >= 11 is 0. The summed E-state index contributed by atoms with van der Waals surface area (Å²) in [4.78, 5) is 30.4. The number of hydrogen-bond acceptors (Lipinski definition) is 6. The second kappa shape index (κ2) is 9.93. The minimum atomic E-state index is -0.881.